The molecule has 0 bridgehead atoms. The van der Waals surface area contributed by atoms with E-state index in [0.29, 0.717) is 57.9 Å². The SMILES string of the molecule is COc1cc(-c2nc3sccn3c2-c2ccnc(N[C@@H]3CCCN(S(=O)(=O)c4ccc(Cl)cc4)C3)n2)ccc1F.COc1cc(-c2nc3sccn3c2-c2ccnc(N[C@@H]3CCCNC3)n2)ccc1F.Cl.O=S(=O)(Cl)c1ccc(Cl)cc1. The summed E-state index contributed by atoms with van der Waals surface area (Å²) in [6.07, 6.45) is 10.9. The van der Waals surface area contributed by atoms with Crippen molar-refractivity contribution >= 4 is 110 Å². The van der Waals surface area contributed by atoms with E-state index in [1.54, 1.807) is 54.9 Å². The van der Waals surface area contributed by atoms with E-state index in [-0.39, 0.29) is 46.3 Å². The number of ether oxygens (including phenoxy) is 2. The Bertz CT molecular complexity index is 4080. The highest BCUT2D eigenvalue weighted by Gasteiger charge is 2.31. The third kappa shape index (κ3) is 13.7. The number of rotatable bonds is 13. The molecule has 428 valence electrons. The monoisotopic (exact) mass is 1270 g/mol. The number of aromatic nitrogens is 8. The van der Waals surface area contributed by atoms with Gasteiger partial charge in [-0.2, -0.15) is 4.31 Å². The Hall–Kier alpha value is -6.58. The molecule has 0 radical (unpaired) electrons. The zero-order valence-electron chi connectivity index (χ0n) is 43.4. The van der Waals surface area contributed by atoms with Gasteiger partial charge in [0.25, 0.3) is 9.05 Å². The third-order valence-electron chi connectivity index (χ3n) is 13.1. The summed E-state index contributed by atoms with van der Waals surface area (Å²) in [6.45, 7) is 2.66. The van der Waals surface area contributed by atoms with Gasteiger partial charge in [-0.1, -0.05) is 23.2 Å². The number of methoxy groups -OCH3 is 2. The van der Waals surface area contributed by atoms with Gasteiger partial charge >= 0.3 is 0 Å². The van der Waals surface area contributed by atoms with Crippen molar-refractivity contribution in [3.05, 3.63) is 154 Å². The largest absolute Gasteiger partial charge is 0.494 e. The van der Waals surface area contributed by atoms with Crippen molar-refractivity contribution in [1.29, 1.82) is 0 Å². The standard InChI is InChI=1S/C27H24ClFN6O3S2.C21H21FN6OS.C6H4Cl2O2S.ClH/c1-38-23-15-17(4-9-21(23)29)24-25(35-13-14-39-27(35)33-24)22-10-11-30-26(32-22)31-19-3-2-12-34(16-19)40(36,37)20-7-5-18(28)6-8-20;1-29-17-11-13(4-5-15(17)22)18-19(28-9-10-30-21(28)27-18)16-6-8-24-20(26-16)25-14-3-2-7-23-12-14;7-5-1-3-6(4-2-5)11(8,9)10;/h4-11,13-15,19H,2-3,12,16H2,1H3,(H,30,31,32);4-6,8-11,14,23H,2-3,7,12H2,1H3,(H,24,25,26);1-4H;1H/t19-;14-;;/m11../s1. The Morgan fingerprint density at radius 3 is 1.61 bits per heavy atom. The summed E-state index contributed by atoms with van der Waals surface area (Å²) in [7, 11) is 0.647. The molecule has 0 unspecified atom stereocenters. The van der Waals surface area contributed by atoms with Crippen LogP contribution in [-0.2, 0) is 19.1 Å². The van der Waals surface area contributed by atoms with Gasteiger partial charge in [0.15, 0.2) is 33.1 Å². The molecule has 2 aliphatic rings. The number of nitrogens with one attached hydrogen (secondary N) is 3. The molecule has 10 aromatic rings. The number of sulfonamides is 1. The molecule has 8 heterocycles. The van der Waals surface area contributed by atoms with E-state index >= 15 is 0 Å². The van der Waals surface area contributed by atoms with E-state index in [4.69, 9.17) is 63.3 Å². The van der Waals surface area contributed by atoms with E-state index in [1.807, 2.05) is 38.0 Å². The van der Waals surface area contributed by atoms with Crippen LogP contribution in [-0.4, -0.2) is 112 Å². The first-order chi connectivity index (χ1) is 39.1. The van der Waals surface area contributed by atoms with Crippen LogP contribution in [0, 0.1) is 11.6 Å². The molecular formula is C54H50Cl4F2N12O6S4. The first kappa shape index (κ1) is 60.0. The summed E-state index contributed by atoms with van der Waals surface area (Å²) >= 11 is 14.5. The number of halogens is 6. The molecule has 2 fully saturated rings. The summed E-state index contributed by atoms with van der Waals surface area (Å²) in [5.74, 6) is 0.417. The number of nitrogens with zero attached hydrogens (tertiary/aromatic N) is 9. The van der Waals surface area contributed by atoms with Gasteiger partial charge in [0, 0.05) is 99.1 Å². The maximum absolute atomic E-state index is 14.1. The quantitative estimate of drug-likeness (QED) is 0.0916. The average molecular weight is 1270 g/mol. The smallest absolute Gasteiger partial charge is 0.261 e. The molecule has 3 N–H and O–H groups in total. The van der Waals surface area contributed by atoms with Crippen molar-refractivity contribution in [2.45, 2.75) is 47.6 Å². The number of hydrogen-bond donors (Lipinski definition) is 3. The van der Waals surface area contributed by atoms with E-state index in [9.17, 15) is 25.6 Å². The third-order valence-corrected chi connectivity index (χ3v) is 18.3. The number of imidazole rings is 2. The fourth-order valence-corrected chi connectivity index (χ4v) is 13.1. The molecule has 18 nitrogen and oxygen atoms in total. The minimum atomic E-state index is -3.66. The van der Waals surface area contributed by atoms with Gasteiger partial charge in [0.05, 0.1) is 46.8 Å². The summed E-state index contributed by atoms with van der Waals surface area (Å²) < 4.78 is 91.6. The van der Waals surface area contributed by atoms with Gasteiger partial charge in [-0.25, -0.2) is 55.5 Å². The second kappa shape index (κ2) is 26.3. The number of hydrogen-bond acceptors (Lipinski definition) is 17. The van der Waals surface area contributed by atoms with Crippen LogP contribution in [0.15, 0.2) is 142 Å². The van der Waals surface area contributed by atoms with Crippen LogP contribution >= 0.6 is 69.0 Å². The lowest BCUT2D eigenvalue weighted by atomic mass is 10.1. The molecule has 0 saturated carbocycles. The molecule has 28 heteroatoms. The molecule has 6 aromatic heterocycles. The van der Waals surface area contributed by atoms with Crippen molar-refractivity contribution in [2.24, 2.45) is 0 Å². The fraction of sp³-hybridized carbons (Fsp3) is 0.222. The second-order valence-electron chi connectivity index (χ2n) is 18.3. The van der Waals surface area contributed by atoms with E-state index in [0.717, 1.165) is 70.6 Å². The molecule has 0 amide bonds. The van der Waals surface area contributed by atoms with Gasteiger partial charge in [-0.3, -0.25) is 8.80 Å². The van der Waals surface area contributed by atoms with Crippen molar-refractivity contribution < 1.29 is 35.1 Å². The van der Waals surface area contributed by atoms with Gasteiger partial charge in [0.1, 0.15) is 11.4 Å². The van der Waals surface area contributed by atoms with Crippen LogP contribution < -0.4 is 25.4 Å². The van der Waals surface area contributed by atoms with E-state index < -0.39 is 30.7 Å². The molecule has 2 atom stereocenters. The van der Waals surface area contributed by atoms with Crippen molar-refractivity contribution in [3.63, 3.8) is 0 Å². The topological polar surface area (TPSA) is 212 Å². The molecule has 0 aliphatic carbocycles. The van der Waals surface area contributed by atoms with Crippen LogP contribution in [0.25, 0.3) is 55.2 Å². The Labute approximate surface area is 499 Å². The van der Waals surface area contributed by atoms with Gasteiger partial charge < -0.3 is 25.4 Å². The lowest BCUT2D eigenvalue weighted by molar-refractivity contribution is 0.326. The van der Waals surface area contributed by atoms with Gasteiger partial charge in [0.2, 0.25) is 21.9 Å². The Morgan fingerprint density at radius 2 is 1.13 bits per heavy atom. The predicted octanol–water partition coefficient (Wildman–Crippen LogP) is 12.1. The number of fused-ring (bicyclic) bond motifs is 2. The minimum Gasteiger partial charge on any atom is -0.494 e. The number of benzene rings is 4. The fourth-order valence-electron chi connectivity index (χ4n) is 9.17. The Kier molecular flexibility index (Phi) is 19.3. The zero-order valence-corrected chi connectivity index (χ0v) is 49.8. The summed E-state index contributed by atoms with van der Waals surface area (Å²) in [5.41, 5.74) is 5.75. The molecular weight excluding hydrogens is 1220 g/mol. The second-order valence-corrected chi connectivity index (χ2v) is 25.5. The summed E-state index contributed by atoms with van der Waals surface area (Å²) in [6, 6.07) is 25.0. The van der Waals surface area contributed by atoms with Crippen LogP contribution in [0.5, 0.6) is 11.5 Å². The highest BCUT2D eigenvalue weighted by atomic mass is 35.7. The summed E-state index contributed by atoms with van der Waals surface area (Å²) in [5, 5.41) is 15.0. The van der Waals surface area contributed by atoms with Crippen LogP contribution in [0.3, 0.4) is 0 Å². The normalized spacial score (nSPS) is 15.6. The number of piperidine rings is 2. The van der Waals surface area contributed by atoms with Gasteiger partial charge in [-0.15, -0.1) is 35.1 Å². The maximum Gasteiger partial charge on any atom is 0.261 e. The highest BCUT2D eigenvalue weighted by molar-refractivity contribution is 8.13. The van der Waals surface area contributed by atoms with Crippen LogP contribution in [0.4, 0.5) is 20.7 Å². The average Bonchev–Trinajstić information content (AvgIpc) is 4.31. The first-order valence-electron chi connectivity index (χ1n) is 25.0. The molecule has 2 aliphatic heterocycles. The van der Waals surface area contributed by atoms with Crippen molar-refractivity contribution in [3.8, 4) is 56.8 Å². The highest BCUT2D eigenvalue weighted by Crippen LogP contribution is 2.38. The molecule has 82 heavy (non-hydrogen) atoms. The zero-order chi connectivity index (χ0) is 56.8. The lowest BCUT2D eigenvalue weighted by Crippen LogP contribution is -2.45. The first-order valence-corrected chi connectivity index (χ1v) is 31.3. The Morgan fingerprint density at radius 1 is 0.646 bits per heavy atom. The predicted molar refractivity (Wildman–Crippen MR) is 320 cm³/mol. The van der Waals surface area contributed by atoms with Crippen molar-refractivity contribution in [2.75, 3.05) is 51.0 Å². The molecule has 2 saturated heterocycles. The van der Waals surface area contributed by atoms with Crippen LogP contribution in [0.1, 0.15) is 25.7 Å². The molecule has 4 aromatic carbocycles. The number of anilines is 2. The van der Waals surface area contributed by atoms with Crippen molar-refractivity contribution in [1.82, 2.24) is 48.3 Å². The van der Waals surface area contributed by atoms with Gasteiger partial charge in [-0.05, 0) is 129 Å². The maximum atomic E-state index is 14.1. The molecule has 12 rings (SSSR count). The minimum absolute atomic E-state index is 0. The number of thiazole rings is 2. The molecule has 0 spiro atoms. The summed E-state index contributed by atoms with van der Waals surface area (Å²) in [4.78, 5) is 29.8. The lowest BCUT2D eigenvalue weighted by Gasteiger charge is -2.32. The Balaban J connectivity index is 0.000000169. The van der Waals surface area contributed by atoms with E-state index in [1.165, 1.54) is 89.7 Å². The van der Waals surface area contributed by atoms with E-state index in [2.05, 4.69) is 25.9 Å². The van der Waals surface area contributed by atoms with Crippen LogP contribution in [0.2, 0.25) is 10.0 Å².